The fraction of sp³-hybridized carbons (Fsp3) is 0.250. The van der Waals surface area contributed by atoms with Gasteiger partial charge in [-0.25, -0.2) is 10.9 Å². The van der Waals surface area contributed by atoms with E-state index in [0.29, 0.717) is 16.3 Å². The van der Waals surface area contributed by atoms with Gasteiger partial charge in [-0.3, -0.25) is 0 Å². The second kappa shape index (κ2) is 6.60. The lowest BCUT2D eigenvalue weighted by atomic mass is 9.74. The number of allylic oxidation sites excluding steroid dienone is 1. The van der Waals surface area contributed by atoms with E-state index in [9.17, 15) is 5.26 Å². The van der Waals surface area contributed by atoms with E-state index >= 15 is 0 Å². The molecule has 3 heterocycles. The summed E-state index contributed by atoms with van der Waals surface area (Å²) in [5.74, 6) is 1.16. The summed E-state index contributed by atoms with van der Waals surface area (Å²) < 4.78 is 16.7. The van der Waals surface area contributed by atoms with Crippen LogP contribution < -0.4 is 26.1 Å². The summed E-state index contributed by atoms with van der Waals surface area (Å²) in [6.07, 6.45) is -0.392. The van der Waals surface area contributed by atoms with Gasteiger partial charge in [0.2, 0.25) is 12.7 Å². The molecule has 0 bridgehead atoms. The molecule has 5 rings (SSSR count). The predicted octanol–water partition coefficient (Wildman–Crippen LogP) is 2.67. The van der Waals surface area contributed by atoms with Gasteiger partial charge in [-0.15, -0.1) is 0 Å². The number of hydrogen-bond acceptors (Lipinski definition) is 7. The molecule has 2 aromatic rings. The summed E-state index contributed by atoms with van der Waals surface area (Å²) in [5.41, 5.74) is 14.8. The van der Waals surface area contributed by atoms with Crippen molar-refractivity contribution in [3.05, 3.63) is 70.1 Å². The fourth-order valence-electron chi connectivity index (χ4n) is 4.19. The number of nitrogens with zero attached hydrogens (tertiary/aromatic N) is 1. The SMILES string of the molecule is N#CC1=C(N)OC2NNC(c3ccc4c(c3)OCO4)C2C1c1cccc(Cl)c1. The van der Waals surface area contributed by atoms with Gasteiger partial charge in [0, 0.05) is 16.9 Å². The highest BCUT2D eigenvalue weighted by Crippen LogP contribution is 2.48. The highest BCUT2D eigenvalue weighted by atomic mass is 35.5. The maximum absolute atomic E-state index is 9.79. The minimum Gasteiger partial charge on any atom is -0.458 e. The second-order valence-electron chi connectivity index (χ2n) is 6.92. The fourth-order valence-corrected chi connectivity index (χ4v) is 4.38. The lowest BCUT2D eigenvalue weighted by Gasteiger charge is -2.36. The van der Waals surface area contributed by atoms with E-state index < -0.39 is 6.23 Å². The van der Waals surface area contributed by atoms with Gasteiger partial charge in [-0.2, -0.15) is 5.26 Å². The molecule has 0 aliphatic carbocycles. The molecule has 28 heavy (non-hydrogen) atoms. The van der Waals surface area contributed by atoms with E-state index in [2.05, 4.69) is 16.9 Å². The maximum Gasteiger partial charge on any atom is 0.231 e. The van der Waals surface area contributed by atoms with Crippen LogP contribution in [0.15, 0.2) is 53.9 Å². The third kappa shape index (κ3) is 2.66. The summed E-state index contributed by atoms with van der Waals surface area (Å²) >= 11 is 6.23. The standard InChI is InChI=1S/C20H17ClN4O3/c21-12-3-1-2-10(6-12)16-13(8-22)19(23)28-20-17(16)18(24-25-20)11-4-5-14-15(7-11)27-9-26-14/h1-7,16-18,20,24-25H,9,23H2. The first-order valence-electron chi connectivity index (χ1n) is 8.88. The molecule has 0 aromatic heterocycles. The van der Waals surface area contributed by atoms with Gasteiger partial charge in [0.1, 0.15) is 6.07 Å². The Hall–Kier alpha value is -2.92. The van der Waals surface area contributed by atoms with Crippen LogP contribution in [0.25, 0.3) is 0 Å². The number of nitrogens with one attached hydrogen (secondary N) is 2. The number of halogens is 1. The molecule has 0 spiro atoms. The van der Waals surface area contributed by atoms with Crippen LogP contribution in [0.4, 0.5) is 0 Å². The number of nitrogens with two attached hydrogens (primary N) is 1. The minimum absolute atomic E-state index is 0.124. The number of hydrogen-bond donors (Lipinski definition) is 3. The third-order valence-electron chi connectivity index (χ3n) is 5.41. The van der Waals surface area contributed by atoms with Gasteiger partial charge in [-0.1, -0.05) is 29.8 Å². The lowest BCUT2D eigenvalue weighted by molar-refractivity contribution is 0.0340. The number of nitriles is 1. The lowest BCUT2D eigenvalue weighted by Crippen LogP contribution is -2.40. The summed E-state index contributed by atoms with van der Waals surface area (Å²) in [6, 6.07) is 15.4. The molecule has 1 saturated heterocycles. The zero-order valence-electron chi connectivity index (χ0n) is 14.7. The monoisotopic (exact) mass is 396 g/mol. The van der Waals surface area contributed by atoms with Gasteiger partial charge in [0.05, 0.1) is 11.6 Å². The maximum atomic E-state index is 9.79. The summed E-state index contributed by atoms with van der Waals surface area (Å²) in [7, 11) is 0. The number of benzene rings is 2. The molecule has 7 nitrogen and oxygen atoms in total. The Labute approximate surface area is 166 Å². The Balaban J connectivity index is 1.60. The van der Waals surface area contributed by atoms with Crippen LogP contribution in [0, 0.1) is 17.2 Å². The Kier molecular flexibility index (Phi) is 4.05. The number of hydrazine groups is 1. The second-order valence-corrected chi connectivity index (χ2v) is 7.35. The highest BCUT2D eigenvalue weighted by Gasteiger charge is 2.49. The zero-order chi connectivity index (χ0) is 19.3. The molecule has 0 radical (unpaired) electrons. The molecule has 8 heteroatoms. The van der Waals surface area contributed by atoms with E-state index in [1.807, 2.05) is 36.4 Å². The van der Waals surface area contributed by atoms with Gasteiger partial charge in [-0.05, 0) is 35.4 Å². The molecule has 0 amide bonds. The first kappa shape index (κ1) is 17.2. The Morgan fingerprint density at radius 1 is 1.07 bits per heavy atom. The normalized spacial score (nSPS) is 27.9. The number of rotatable bonds is 2. The van der Waals surface area contributed by atoms with Crippen LogP contribution in [-0.4, -0.2) is 13.0 Å². The van der Waals surface area contributed by atoms with Crippen molar-refractivity contribution in [3.8, 4) is 17.6 Å². The first-order chi connectivity index (χ1) is 13.7. The molecule has 0 saturated carbocycles. The van der Waals surface area contributed by atoms with E-state index in [0.717, 1.165) is 16.9 Å². The van der Waals surface area contributed by atoms with E-state index in [4.69, 9.17) is 31.5 Å². The van der Waals surface area contributed by atoms with Crippen LogP contribution in [0.1, 0.15) is 23.1 Å². The minimum atomic E-state index is -0.392. The molecule has 3 aliphatic heterocycles. The van der Waals surface area contributed by atoms with Gasteiger partial charge < -0.3 is 19.9 Å². The molecule has 2 aromatic carbocycles. The van der Waals surface area contributed by atoms with Gasteiger partial charge >= 0.3 is 0 Å². The average molecular weight is 397 g/mol. The molecule has 3 aliphatic rings. The molecule has 4 atom stereocenters. The van der Waals surface area contributed by atoms with Crippen molar-refractivity contribution in [3.63, 3.8) is 0 Å². The van der Waals surface area contributed by atoms with Crippen LogP contribution in [-0.2, 0) is 4.74 Å². The van der Waals surface area contributed by atoms with Crippen molar-refractivity contribution < 1.29 is 14.2 Å². The Morgan fingerprint density at radius 3 is 2.75 bits per heavy atom. The topological polar surface area (TPSA) is 102 Å². The predicted molar refractivity (Wildman–Crippen MR) is 101 cm³/mol. The zero-order valence-corrected chi connectivity index (χ0v) is 15.4. The molecular weight excluding hydrogens is 380 g/mol. The summed E-state index contributed by atoms with van der Waals surface area (Å²) in [4.78, 5) is 0. The van der Waals surface area contributed by atoms with Crippen molar-refractivity contribution in [2.45, 2.75) is 18.2 Å². The van der Waals surface area contributed by atoms with Crippen molar-refractivity contribution in [1.29, 1.82) is 5.26 Å². The Morgan fingerprint density at radius 2 is 1.93 bits per heavy atom. The van der Waals surface area contributed by atoms with Gasteiger partial charge in [0.15, 0.2) is 17.7 Å². The van der Waals surface area contributed by atoms with E-state index in [1.54, 1.807) is 6.07 Å². The van der Waals surface area contributed by atoms with Crippen molar-refractivity contribution in [2.75, 3.05) is 6.79 Å². The van der Waals surface area contributed by atoms with Crippen molar-refractivity contribution in [2.24, 2.45) is 11.7 Å². The molecule has 4 unspecified atom stereocenters. The highest BCUT2D eigenvalue weighted by molar-refractivity contribution is 6.30. The Bertz CT molecular complexity index is 1020. The number of fused-ring (bicyclic) bond motifs is 2. The average Bonchev–Trinajstić information content (AvgIpc) is 3.32. The molecule has 4 N–H and O–H groups in total. The van der Waals surface area contributed by atoms with Crippen molar-refractivity contribution in [1.82, 2.24) is 10.9 Å². The smallest absolute Gasteiger partial charge is 0.231 e. The summed E-state index contributed by atoms with van der Waals surface area (Å²) in [5, 5.41) is 10.4. The van der Waals surface area contributed by atoms with E-state index in [1.165, 1.54) is 0 Å². The van der Waals surface area contributed by atoms with Crippen LogP contribution in [0.2, 0.25) is 5.02 Å². The molecular formula is C20H17ClN4O3. The van der Waals surface area contributed by atoms with Crippen LogP contribution in [0.3, 0.4) is 0 Å². The first-order valence-corrected chi connectivity index (χ1v) is 9.26. The largest absolute Gasteiger partial charge is 0.458 e. The van der Waals surface area contributed by atoms with Gasteiger partial charge in [0.25, 0.3) is 0 Å². The number of ether oxygens (including phenoxy) is 3. The summed E-state index contributed by atoms with van der Waals surface area (Å²) in [6.45, 7) is 0.216. The molecule has 142 valence electrons. The van der Waals surface area contributed by atoms with E-state index in [-0.39, 0.29) is 30.6 Å². The van der Waals surface area contributed by atoms with Crippen LogP contribution in [0.5, 0.6) is 11.5 Å². The van der Waals surface area contributed by atoms with Crippen molar-refractivity contribution >= 4 is 11.6 Å². The molecule has 1 fully saturated rings. The third-order valence-corrected chi connectivity index (χ3v) is 5.65. The van der Waals surface area contributed by atoms with Crippen LogP contribution >= 0.6 is 11.6 Å². The quantitative estimate of drug-likeness (QED) is 0.717.